The fourth-order valence-corrected chi connectivity index (χ4v) is 2.87. The minimum absolute atomic E-state index is 0.437. The first-order valence-corrected chi connectivity index (χ1v) is 7.15. The third kappa shape index (κ3) is 2.52. The zero-order valence-corrected chi connectivity index (χ0v) is 12.7. The van der Waals surface area contributed by atoms with Crippen LogP contribution in [0.25, 0.3) is 10.9 Å². The van der Waals surface area contributed by atoms with Crippen molar-refractivity contribution in [3.8, 4) is 0 Å². The van der Waals surface area contributed by atoms with Gasteiger partial charge in [-0.1, -0.05) is 29.8 Å². The molecule has 1 N–H and O–H groups in total. The molecule has 3 aromatic rings. The lowest BCUT2D eigenvalue weighted by Gasteiger charge is -2.13. The molecule has 2 heterocycles. The highest BCUT2D eigenvalue weighted by Gasteiger charge is 2.18. The van der Waals surface area contributed by atoms with Gasteiger partial charge in [0.1, 0.15) is 5.15 Å². The Balaban J connectivity index is 1.99. The molecule has 1 unspecified atom stereocenters. The van der Waals surface area contributed by atoms with Crippen molar-refractivity contribution in [1.29, 1.82) is 0 Å². The van der Waals surface area contributed by atoms with E-state index in [4.69, 9.17) is 11.6 Å². The van der Waals surface area contributed by atoms with Gasteiger partial charge in [0.25, 0.3) is 0 Å². The lowest BCUT2D eigenvalue weighted by atomic mass is 9.99. The highest BCUT2D eigenvalue weighted by molar-refractivity contribution is 6.30. The Morgan fingerprint density at radius 3 is 2.76 bits per heavy atom. The van der Waals surface area contributed by atoms with Gasteiger partial charge in [0.05, 0.1) is 17.3 Å². The fraction of sp³-hybridized carbons (Fsp3) is 0.250. The zero-order chi connectivity index (χ0) is 15.0. The average molecular weight is 302 g/mol. The molecular weight excluding hydrogens is 286 g/mol. The van der Waals surface area contributed by atoms with E-state index < -0.39 is 6.10 Å². The normalized spacial score (nSPS) is 12.8. The number of para-hydroxylation sites is 1. The summed E-state index contributed by atoms with van der Waals surface area (Å²) in [6.45, 7) is 1.90. The van der Waals surface area contributed by atoms with Crippen molar-refractivity contribution in [3.63, 3.8) is 0 Å². The second kappa shape index (κ2) is 5.47. The van der Waals surface area contributed by atoms with Gasteiger partial charge >= 0.3 is 0 Å². The molecule has 5 heteroatoms. The summed E-state index contributed by atoms with van der Waals surface area (Å²) in [4.78, 5) is 4.32. The summed E-state index contributed by atoms with van der Waals surface area (Å²) in [6, 6.07) is 9.65. The Kier molecular flexibility index (Phi) is 3.66. The van der Waals surface area contributed by atoms with Gasteiger partial charge in [-0.2, -0.15) is 5.10 Å². The number of hydrogen-bond acceptors (Lipinski definition) is 3. The molecule has 0 saturated heterocycles. The Hall–Kier alpha value is -1.91. The topological polar surface area (TPSA) is 50.9 Å². The van der Waals surface area contributed by atoms with Crippen molar-refractivity contribution in [2.75, 3.05) is 0 Å². The Labute approximate surface area is 128 Å². The van der Waals surface area contributed by atoms with Crippen molar-refractivity contribution in [3.05, 3.63) is 58.5 Å². The van der Waals surface area contributed by atoms with E-state index in [1.54, 1.807) is 17.9 Å². The maximum atomic E-state index is 10.6. The molecule has 3 rings (SSSR count). The minimum Gasteiger partial charge on any atom is -0.388 e. The number of nitrogens with zero attached hydrogens (tertiary/aromatic N) is 3. The van der Waals surface area contributed by atoms with Crippen LogP contribution < -0.4 is 0 Å². The monoisotopic (exact) mass is 301 g/mol. The van der Waals surface area contributed by atoms with Crippen molar-refractivity contribution >= 4 is 22.5 Å². The van der Waals surface area contributed by atoms with Gasteiger partial charge in [0.2, 0.25) is 0 Å². The molecule has 1 atom stereocenters. The Bertz CT molecular complexity index is 792. The highest BCUT2D eigenvalue weighted by atomic mass is 35.5. The van der Waals surface area contributed by atoms with Crippen molar-refractivity contribution in [2.45, 2.75) is 19.4 Å². The number of benzene rings is 1. The molecule has 0 radical (unpaired) electrons. The quantitative estimate of drug-likeness (QED) is 0.808. The lowest BCUT2D eigenvalue weighted by Crippen LogP contribution is -2.04. The van der Waals surface area contributed by atoms with E-state index >= 15 is 0 Å². The summed E-state index contributed by atoms with van der Waals surface area (Å²) in [5.41, 5.74) is 3.47. The fourth-order valence-electron chi connectivity index (χ4n) is 2.62. The predicted octanol–water partition coefficient (Wildman–Crippen LogP) is 3.21. The number of hydrogen-bond donors (Lipinski definition) is 1. The maximum absolute atomic E-state index is 10.6. The number of halogens is 1. The molecule has 21 heavy (non-hydrogen) atoms. The van der Waals surface area contributed by atoms with Crippen LogP contribution in [-0.4, -0.2) is 19.9 Å². The predicted molar refractivity (Wildman–Crippen MR) is 83.4 cm³/mol. The smallest absolute Gasteiger partial charge is 0.130 e. The van der Waals surface area contributed by atoms with Crippen molar-refractivity contribution in [2.24, 2.45) is 7.05 Å². The molecule has 0 fully saturated rings. The van der Waals surface area contributed by atoms with Gasteiger partial charge < -0.3 is 5.11 Å². The number of aliphatic hydroxyl groups is 1. The average Bonchev–Trinajstić information content (AvgIpc) is 2.73. The first-order chi connectivity index (χ1) is 10.1. The van der Waals surface area contributed by atoms with Crippen LogP contribution in [0.2, 0.25) is 5.15 Å². The van der Waals surface area contributed by atoms with E-state index in [2.05, 4.69) is 10.1 Å². The van der Waals surface area contributed by atoms with Crippen molar-refractivity contribution in [1.82, 2.24) is 14.8 Å². The van der Waals surface area contributed by atoms with Gasteiger partial charge in [-0.05, 0) is 24.6 Å². The molecule has 0 aliphatic heterocycles. The SMILES string of the molecule is Cc1nn(C)c(Cl)c1CC(O)c1ccnc2ccccc12. The molecule has 0 aliphatic rings. The summed E-state index contributed by atoms with van der Waals surface area (Å²) < 4.78 is 1.63. The number of aryl methyl sites for hydroxylation is 2. The van der Waals surface area contributed by atoms with Gasteiger partial charge in [0, 0.05) is 30.6 Å². The summed E-state index contributed by atoms with van der Waals surface area (Å²) in [6.07, 6.45) is 1.52. The first kappa shape index (κ1) is 14.0. The van der Waals surface area contributed by atoms with Crippen LogP contribution in [0, 0.1) is 6.92 Å². The second-order valence-electron chi connectivity index (χ2n) is 5.12. The van der Waals surface area contributed by atoms with Crippen LogP contribution in [0.1, 0.15) is 22.9 Å². The number of pyridine rings is 1. The summed E-state index contributed by atoms with van der Waals surface area (Å²) in [7, 11) is 1.80. The number of aliphatic hydroxyl groups excluding tert-OH is 1. The molecule has 0 spiro atoms. The molecule has 0 bridgehead atoms. The Morgan fingerprint density at radius 2 is 2.05 bits per heavy atom. The summed E-state index contributed by atoms with van der Waals surface area (Å²) >= 11 is 6.24. The van der Waals surface area contributed by atoms with Gasteiger partial charge in [-0.25, -0.2) is 0 Å². The molecule has 1 aromatic carbocycles. The standard InChI is InChI=1S/C16H16ClN3O/c1-10-13(16(17)20(2)19-10)9-15(21)12-7-8-18-14-6-4-3-5-11(12)14/h3-8,15,21H,9H2,1-2H3. The third-order valence-corrected chi connectivity index (χ3v) is 4.18. The number of rotatable bonds is 3. The second-order valence-corrected chi connectivity index (χ2v) is 5.47. The first-order valence-electron chi connectivity index (χ1n) is 6.77. The highest BCUT2D eigenvalue weighted by Crippen LogP contribution is 2.29. The van der Waals surface area contributed by atoms with E-state index in [1.807, 2.05) is 37.3 Å². The molecule has 0 amide bonds. The van der Waals surface area contributed by atoms with E-state index in [0.717, 1.165) is 27.7 Å². The third-order valence-electron chi connectivity index (χ3n) is 3.71. The zero-order valence-electron chi connectivity index (χ0n) is 11.9. The number of fused-ring (bicyclic) bond motifs is 1. The molecule has 2 aromatic heterocycles. The van der Waals surface area contributed by atoms with E-state index in [0.29, 0.717) is 11.6 Å². The summed E-state index contributed by atoms with van der Waals surface area (Å²) in [5, 5.41) is 16.4. The van der Waals surface area contributed by atoms with E-state index in [1.165, 1.54) is 0 Å². The number of aromatic nitrogens is 3. The Morgan fingerprint density at radius 1 is 1.29 bits per heavy atom. The van der Waals surface area contributed by atoms with E-state index in [-0.39, 0.29) is 0 Å². The summed E-state index contributed by atoms with van der Waals surface area (Å²) in [5.74, 6) is 0. The molecule has 4 nitrogen and oxygen atoms in total. The van der Waals surface area contributed by atoms with Crippen LogP contribution in [-0.2, 0) is 13.5 Å². The van der Waals surface area contributed by atoms with Crippen molar-refractivity contribution < 1.29 is 5.11 Å². The van der Waals surface area contributed by atoms with Gasteiger partial charge in [-0.15, -0.1) is 0 Å². The molecule has 0 saturated carbocycles. The lowest BCUT2D eigenvalue weighted by molar-refractivity contribution is 0.180. The van der Waals surface area contributed by atoms with Crippen LogP contribution in [0.4, 0.5) is 0 Å². The molecule has 108 valence electrons. The minimum atomic E-state index is -0.640. The van der Waals surface area contributed by atoms with Gasteiger partial charge in [-0.3, -0.25) is 9.67 Å². The molecule has 0 aliphatic carbocycles. The van der Waals surface area contributed by atoms with E-state index in [9.17, 15) is 5.11 Å². The van der Waals surface area contributed by atoms with Crippen LogP contribution in [0.15, 0.2) is 36.5 Å². The molecular formula is C16H16ClN3O. The van der Waals surface area contributed by atoms with Crippen LogP contribution in [0.5, 0.6) is 0 Å². The maximum Gasteiger partial charge on any atom is 0.130 e. The van der Waals surface area contributed by atoms with Crippen LogP contribution >= 0.6 is 11.6 Å². The van der Waals surface area contributed by atoms with Gasteiger partial charge in [0.15, 0.2) is 0 Å². The van der Waals surface area contributed by atoms with Crippen LogP contribution in [0.3, 0.4) is 0 Å². The largest absolute Gasteiger partial charge is 0.388 e.